The highest BCUT2D eigenvalue weighted by atomic mass is 14.7. The molecule has 2 heteroatoms. The van der Waals surface area contributed by atoms with Gasteiger partial charge in [0.25, 0.3) is 0 Å². The van der Waals surface area contributed by atoms with Crippen LogP contribution in [0.5, 0.6) is 0 Å². The van der Waals surface area contributed by atoms with Gasteiger partial charge in [-0.3, -0.25) is 0 Å². The van der Waals surface area contributed by atoms with Crippen molar-refractivity contribution in [2.45, 2.75) is 0 Å². The standard InChI is InChI=1S/C17H11N2/c1-3-7-15-12(5-1)9-10-17(19-15)14-11-18-16-8-4-2-6-13(14)16/h1-10,18H. The van der Waals surface area contributed by atoms with Gasteiger partial charge in [-0.25, -0.2) is 4.98 Å². The lowest BCUT2D eigenvalue weighted by atomic mass is 10.1. The van der Waals surface area contributed by atoms with Crippen LogP contribution in [0.1, 0.15) is 0 Å². The zero-order chi connectivity index (χ0) is 12.7. The maximum atomic E-state index is 4.72. The Morgan fingerprint density at radius 3 is 2.68 bits per heavy atom. The van der Waals surface area contributed by atoms with Gasteiger partial charge >= 0.3 is 0 Å². The molecule has 0 fully saturated rings. The van der Waals surface area contributed by atoms with E-state index in [0.29, 0.717) is 0 Å². The van der Waals surface area contributed by atoms with E-state index in [1.54, 1.807) is 0 Å². The van der Waals surface area contributed by atoms with Gasteiger partial charge < -0.3 is 4.98 Å². The van der Waals surface area contributed by atoms with Gasteiger partial charge in [0.05, 0.1) is 17.4 Å². The van der Waals surface area contributed by atoms with Gasteiger partial charge in [0.15, 0.2) is 0 Å². The molecule has 0 aliphatic rings. The molecule has 1 radical (unpaired) electrons. The first-order chi connectivity index (χ1) is 9.42. The Hall–Kier alpha value is -2.61. The quantitative estimate of drug-likeness (QED) is 0.533. The SMILES string of the molecule is [c]1[nH]c2ccccc2c1-c1ccc2ccccc2n1. The molecule has 0 atom stereocenters. The number of H-pyrrole nitrogens is 1. The third-order valence-electron chi connectivity index (χ3n) is 3.37. The highest BCUT2D eigenvalue weighted by molar-refractivity contribution is 5.95. The van der Waals surface area contributed by atoms with Gasteiger partial charge in [-0.1, -0.05) is 42.5 Å². The molecule has 19 heavy (non-hydrogen) atoms. The van der Waals surface area contributed by atoms with Crippen molar-refractivity contribution in [1.82, 2.24) is 9.97 Å². The summed E-state index contributed by atoms with van der Waals surface area (Å²) in [6, 6.07) is 20.5. The topological polar surface area (TPSA) is 28.7 Å². The molecule has 0 unspecified atom stereocenters. The predicted molar refractivity (Wildman–Crippen MR) is 77.9 cm³/mol. The second kappa shape index (κ2) is 3.95. The summed E-state index contributed by atoms with van der Waals surface area (Å²) < 4.78 is 0. The Morgan fingerprint density at radius 1 is 0.842 bits per heavy atom. The molecule has 0 spiro atoms. The number of rotatable bonds is 1. The van der Waals surface area contributed by atoms with E-state index in [0.717, 1.165) is 33.1 Å². The van der Waals surface area contributed by atoms with Gasteiger partial charge in [-0.05, 0) is 18.2 Å². The molecule has 2 aromatic heterocycles. The predicted octanol–water partition coefficient (Wildman–Crippen LogP) is 4.18. The Labute approximate surface area is 110 Å². The number of aromatic amines is 1. The minimum Gasteiger partial charge on any atom is -0.353 e. The van der Waals surface area contributed by atoms with Crippen LogP contribution >= 0.6 is 0 Å². The number of nitrogens with one attached hydrogen (secondary N) is 1. The maximum Gasteiger partial charge on any atom is 0.0738 e. The minimum atomic E-state index is 0.955. The van der Waals surface area contributed by atoms with E-state index in [4.69, 9.17) is 4.98 Å². The zero-order valence-corrected chi connectivity index (χ0v) is 10.2. The van der Waals surface area contributed by atoms with Crippen molar-refractivity contribution in [1.29, 1.82) is 0 Å². The Bertz CT molecular complexity index is 874. The molecule has 89 valence electrons. The van der Waals surface area contributed by atoms with Crippen molar-refractivity contribution in [2.75, 3.05) is 0 Å². The van der Waals surface area contributed by atoms with E-state index in [1.165, 1.54) is 0 Å². The number of nitrogens with zero attached hydrogens (tertiary/aromatic N) is 1. The molecule has 2 nitrogen and oxygen atoms in total. The largest absolute Gasteiger partial charge is 0.353 e. The minimum absolute atomic E-state index is 0.955. The van der Waals surface area contributed by atoms with Crippen molar-refractivity contribution in [3.8, 4) is 11.3 Å². The smallest absolute Gasteiger partial charge is 0.0738 e. The lowest BCUT2D eigenvalue weighted by Gasteiger charge is -2.01. The molecule has 0 amide bonds. The van der Waals surface area contributed by atoms with Crippen molar-refractivity contribution in [3.05, 3.63) is 66.9 Å². The lowest BCUT2D eigenvalue weighted by Crippen LogP contribution is -1.83. The number of para-hydroxylation sites is 2. The average molecular weight is 243 g/mol. The van der Waals surface area contributed by atoms with E-state index in [1.807, 2.05) is 30.3 Å². The molecule has 2 heterocycles. The Balaban J connectivity index is 1.99. The fourth-order valence-corrected chi connectivity index (χ4v) is 2.41. The zero-order valence-electron chi connectivity index (χ0n) is 10.2. The monoisotopic (exact) mass is 243 g/mol. The summed E-state index contributed by atoms with van der Waals surface area (Å²) in [7, 11) is 0. The van der Waals surface area contributed by atoms with E-state index in [2.05, 4.69) is 41.5 Å². The van der Waals surface area contributed by atoms with Crippen LogP contribution in [-0.4, -0.2) is 9.97 Å². The molecule has 2 aromatic carbocycles. The molecule has 4 aromatic rings. The summed E-state index contributed by atoms with van der Waals surface area (Å²) in [6.07, 6.45) is 3.21. The van der Waals surface area contributed by atoms with Crippen molar-refractivity contribution >= 4 is 21.8 Å². The third kappa shape index (κ3) is 1.61. The summed E-state index contributed by atoms with van der Waals surface area (Å²) in [6.45, 7) is 0. The van der Waals surface area contributed by atoms with Crippen molar-refractivity contribution < 1.29 is 0 Å². The van der Waals surface area contributed by atoms with Crippen LogP contribution in [0.4, 0.5) is 0 Å². The lowest BCUT2D eigenvalue weighted by molar-refractivity contribution is 1.39. The molecule has 0 aliphatic heterocycles. The van der Waals surface area contributed by atoms with Gasteiger partial charge in [-0.15, -0.1) is 0 Å². The normalized spacial score (nSPS) is 11.2. The van der Waals surface area contributed by atoms with Crippen LogP contribution in [0.25, 0.3) is 33.1 Å². The van der Waals surface area contributed by atoms with Crippen LogP contribution in [-0.2, 0) is 0 Å². The van der Waals surface area contributed by atoms with Crippen LogP contribution in [0, 0.1) is 6.20 Å². The van der Waals surface area contributed by atoms with E-state index in [-0.39, 0.29) is 0 Å². The highest BCUT2D eigenvalue weighted by Gasteiger charge is 2.07. The third-order valence-corrected chi connectivity index (χ3v) is 3.37. The van der Waals surface area contributed by atoms with Crippen molar-refractivity contribution in [3.63, 3.8) is 0 Å². The second-order valence-electron chi connectivity index (χ2n) is 4.56. The number of fused-ring (bicyclic) bond motifs is 2. The van der Waals surface area contributed by atoms with Crippen LogP contribution in [0.3, 0.4) is 0 Å². The average Bonchev–Trinajstić information content (AvgIpc) is 2.91. The maximum absolute atomic E-state index is 4.72. The number of hydrogen-bond donors (Lipinski definition) is 1. The molecular formula is C17H11N2. The van der Waals surface area contributed by atoms with Gasteiger partial charge in [-0.2, -0.15) is 0 Å². The number of benzene rings is 2. The molecule has 0 bridgehead atoms. The van der Waals surface area contributed by atoms with E-state index in [9.17, 15) is 0 Å². The number of aromatic nitrogens is 2. The van der Waals surface area contributed by atoms with Gasteiger partial charge in [0, 0.05) is 21.9 Å². The first-order valence-electron chi connectivity index (χ1n) is 6.26. The Kier molecular flexibility index (Phi) is 2.15. The fraction of sp³-hybridized carbons (Fsp3) is 0. The molecule has 1 N–H and O–H groups in total. The summed E-state index contributed by atoms with van der Waals surface area (Å²) >= 11 is 0. The van der Waals surface area contributed by atoms with Crippen LogP contribution in [0.2, 0.25) is 0 Å². The van der Waals surface area contributed by atoms with E-state index >= 15 is 0 Å². The molecular weight excluding hydrogens is 232 g/mol. The first-order valence-corrected chi connectivity index (χ1v) is 6.26. The van der Waals surface area contributed by atoms with Crippen molar-refractivity contribution in [2.24, 2.45) is 0 Å². The van der Waals surface area contributed by atoms with Crippen LogP contribution < -0.4 is 0 Å². The van der Waals surface area contributed by atoms with Gasteiger partial charge in [0.1, 0.15) is 0 Å². The first kappa shape index (κ1) is 10.3. The molecule has 0 saturated carbocycles. The summed E-state index contributed by atoms with van der Waals surface area (Å²) in [5.74, 6) is 0. The molecule has 0 saturated heterocycles. The van der Waals surface area contributed by atoms with Gasteiger partial charge in [0.2, 0.25) is 0 Å². The summed E-state index contributed by atoms with van der Waals surface area (Å²) in [5, 5.41) is 2.32. The number of hydrogen-bond acceptors (Lipinski definition) is 1. The summed E-state index contributed by atoms with van der Waals surface area (Å²) in [5.41, 5.74) is 4.09. The molecule has 4 rings (SSSR count). The number of pyridine rings is 1. The van der Waals surface area contributed by atoms with E-state index < -0.39 is 0 Å². The fourth-order valence-electron chi connectivity index (χ4n) is 2.41. The highest BCUT2D eigenvalue weighted by Crippen LogP contribution is 2.27. The van der Waals surface area contributed by atoms with Crippen LogP contribution in [0.15, 0.2) is 60.7 Å². The Morgan fingerprint density at radius 2 is 1.68 bits per heavy atom. The second-order valence-corrected chi connectivity index (χ2v) is 4.56. The summed E-state index contributed by atoms with van der Waals surface area (Å²) in [4.78, 5) is 7.89. The molecule has 0 aliphatic carbocycles.